The van der Waals surface area contributed by atoms with Gasteiger partial charge in [-0.2, -0.15) is 0 Å². The summed E-state index contributed by atoms with van der Waals surface area (Å²) in [5, 5.41) is 0. The van der Waals surface area contributed by atoms with Crippen molar-refractivity contribution < 1.29 is 17.9 Å². The van der Waals surface area contributed by atoms with Crippen LogP contribution in [0.2, 0.25) is 0 Å². The van der Waals surface area contributed by atoms with Gasteiger partial charge >= 0.3 is 0 Å². The van der Waals surface area contributed by atoms with E-state index in [4.69, 9.17) is 4.74 Å². The zero-order valence-corrected chi connectivity index (χ0v) is 16.1. The number of aryl methyl sites for hydroxylation is 2. The summed E-state index contributed by atoms with van der Waals surface area (Å²) in [6.45, 7) is 7.46. The van der Waals surface area contributed by atoms with Crippen LogP contribution in [-0.4, -0.2) is 67.9 Å². The van der Waals surface area contributed by atoms with Crippen LogP contribution in [0.25, 0.3) is 0 Å². The van der Waals surface area contributed by atoms with Crippen LogP contribution in [0.15, 0.2) is 12.1 Å². The fourth-order valence-electron chi connectivity index (χ4n) is 4.28. The predicted molar refractivity (Wildman–Crippen MR) is 96.5 cm³/mol. The maximum atomic E-state index is 12.2. The molecule has 0 aromatic heterocycles. The number of sulfone groups is 1. The molecule has 2 fully saturated rings. The van der Waals surface area contributed by atoms with Gasteiger partial charge in [-0.3, -0.25) is 9.69 Å². The Balaban J connectivity index is 1.90. The molecule has 1 aromatic rings. The molecule has 2 heterocycles. The van der Waals surface area contributed by atoms with Gasteiger partial charge in [0.05, 0.1) is 24.7 Å². The summed E-state index contributed by atoms with van der Waals surface area (Å²) in [6.07, 6.45) is 0. The summed E-state index contributed by atoms with van der Waals surface area (Å²) in [5.41, 5.74) is 3.31. The van der Waals surface area contributed by atoms with Crippen molar-refractivity contribution in [3.63, 3.8) is 0 Å². The smallest absolute Gasteiger partial charge is 0.219 e. The Kier molecular flexibility index (Phi) is 4.81. The maximum absolute atomic E-state index is 12.2. The lowest BCUT2D eigenvalue weighted by atomic mass is 10.0. The number of amides is 1. The minimum Gasteiger partial charge on any atom is -0.496 e. The number of ether oxygens (including phenoxy) is 1. The molecular weight excluding hydrogens is 340 g/mol. The fourth-order valence-corrected chi connectivity index (χ4v) is 6.29. The Labute approximate surface area is 149 Å². The number of benzene rings is 1. The number of carbonyl (C=O) groups excluding carboxylic acids is 1. The highest BCUT2D eigenvalue weighted by atomic mass is 32.2. The lowest BCUT2D eigenvalue weighted by molar-refractivity contribution is -0.134. The molecule has 0 bridgehead atoms. The molecule has 7 heteroatoms. The summed E-state index contributed by atoms with van der Waals surface area (Å²) in [5.74, 6) is 1.000. The van der Waals surface area contributed by atoms with E-state index < -0.39 is 9.84 Å². The van der Waals surface area contributed by atoms with Crippen LogP contribution < -0.4 is 4.74 Å². The Morgan fingerprint density at radius 1 is 1.20 bits per heavy atom. The predicted octanol–water partition coefficient (Wildman–Crippen LogP) is 1.14. The number of hydrogen-bond acceptors (Lipinski definition) is 5. The van der Waals surface area contributed by atoms with Crippen LogP contribution in [0.4, 0.5) is 0 Å². The van der Waals surface area contributed by atoms with Crippen molar-refractivity contribution in [2.45, 2.75) is 39.4 Å². The van der Waals surface area contributed by atoms with Gasteiger partial charge in [0.15, 0.2) is 9.84 Å². The molecule has 0 saturated carbocycles. The van der Waals surface area contributed by atoms with E-state index in [1.807, 2.05) is 13.8 Å². The molecule has 0 radical (unpaired) electrons. The molecule has 138 valence electrons. The molecule has 0 spiro atoms. The van der Waals surface area contributed by atoms with Gasteiger partial charge < -0.3 is 9.64 Å². The highest BCUT2D eigenvalue weighted by Crippen LogP contribution is 2.31. The zero-order chi connectivity index (χ0) is 18.4. The Hall–Kier alpha value is -1.60. The largest absolute Gasteiger partial charge is 0.496 e. The average Bonchev–Trinajstić information content (AvgIpc) is 2.82. The van der Waals surface area contributed by atoms with E-state index in [-0.39, 0.29) is 29.5 Å². The number of rotatable bonds is 3. The SMILES string of the molecule is COc1c(C)cc(C)cc1CN1CCN(C(C)=O)[C@H]2CS(=O)(=O)C[C@H]21. The van der Waals surface area contributed by atoms with E-state index >= 15 is 0 Å². The van der Waals surface area contributed by atoms with Crippen molar-refractivity contribution >= 4 is 15.7 Å². The molecule has 2 aliphatic heterocycles. The van der Waals surface area contributed by atoms with Crippen LogP contribution in [0.1, 0.15) is 23.6 Å². The van der Waals surface area contributed by atoms with E-state index in [1.165, 1.54) is 6.92 Å². The summed E-state index contributed by atoms with van der Waals surface area (Å²) >= 11 is 0. The molecule has 2 atom stereocenters. The molecule has 6 nitrogen and oxygen atoms in total. The second kappa shape index (κ2) is 6.61. The number of nitrogens with zero attached hydrogens (tertiary/aromatic N) is 2. The van der Waals surface area contributed by atoms with Crippen LogP contribution >= 0.6 is 0 Å². The van der Waals surface area contributed by atoms with E-state index in [1.54, 1.807) is 12.0 Å². The third-order valence-electron chi connectivity index (χ3n) is 5.27. The average molecular weight is 366 g/mol. The van der Waals surface area contributed by atoms with Crippen molar-refractivity contribution in [1.29, 1.82) is 0 Å². The van der Waals surface area contributed by atoms with Gasteiger partial charge in [-0.05, 0) is 19.4 Å². The highest BCUT2D eigenvalue weighted by Gasteiger charge is 2.47. The quantitative estimate of drug-likeness (QED) is 0.803. The van der Waals surface area contributed by atoms with Gasteiger partial charge in [-0.15, -0.1) is 0 Å². The van der Waals surface area contributed by atoms with Crippen LogP contribution in [0.5, 0.6) is 5.75 Å². The Morgan fingerprint density at radius 2 is 1.88 bits per heavy atom. The van der Waals surface area contributed by atoms with Crippen molar-refractivity contribution in [2.24, 2.45) is 0 Å². The first-order chi connectivity index (χ1) is 11.7. The summed E-state index contributed by atoms with van der Waals surface area (Å²) in [7, 11) is -1.45. The van der Waals surface area contributed by atoms with Crippen molar-refractivity contribution in [1.82, 2.24) is 9.80 Å². The monoisotopic (exact) mass is 366 g/mol. The van der Waals surface area contributed by atoms with Crippen molar-refractivity contribution in [3.8, 4) is 5.75 Å². The molecule has 2 saturated heterocycles. The first-order valence-corrected chi connectivity index (χ1v) is 10.4. The molecule has 3 rings (SSSR count). The second-order valence-corrected chi connectivity index (χ2v) is 9.32. The highest BCUT2D eigenvalue weighted by molar-refractivity contribution is 7.91. The number of hydrogen-bond donors (Lipinski definition) is 0. The lowest BCUT2D eigenvalue weighted by Gasteiger charge is -2.43. The number of piperazine rings is 1. The first-order valence-electron chi connectivity index (χ1n) is 8.57. The molecule has 1 aromatic carbocycles. The molecule has 0 N–H and O–H groups in total. The summed E-state index contributed by atoms with van der Waals surface area (Å²) in [4.78, 5) is 15.8. The third-order valence-corrected chi connectivity index (χ3v) is 6.97. The van der Waals surface area contributed by atoms with Crippen molar-refractivity contribution in [3.05, 3.63) is 28.8 Å². The van der Waals surface area contributed by atoms with E-state index in [0.29, 0.717) is 19.6 Å². The van der Waals surface area contributed by atoms with E-state index in [2.05, 4.69) is 17.0 Å². The summed E-state index contributed by atoms with van der Waals surface area (Å²) in [6, 6.07) is 3.79. The number of carbonyl (C=O) groups is 1. The normalized spacial score (nSPS) is 25.7. The van der Waals surface area contributed by atoms with Gasteiger partial charge in [0.25, 0.3) is 0 Å². The topological polar surface area (TPSA) is 66.9 Å². The molecule has 25 heavy (non-hydrogen) atoms. The number of fused-ring (bicyclic) bond motifs is 1. The van der Waals surface area contributed by atoms with Crippen LogP contribution in [0.3, 0.4) is 0 Å². The molecule has 1 amide bonds. The van der Waals surface area contributed by atoms with E-state index in [9.17, 15) is 13.2 Å². The van der Waals surface area contributed by atoms with Crippen LogP contribution in [-0.2, 0) is 21.2 Å². The van der Waals surface area contributed by atoms with Crippen LogP contribution in [0, 0.1) is 13.8 Å². The fraction of sp³-hybridized carbons (Fsp3) is 0.611. The van der Waals surface area contributed by atoms with Crippen molar-refractivity contribution in [2.75, 3.05) is 31.7 Å². The second-order valence-electron chi connectivity index (χ2n) is 7.17. The minimum absolute atomic E-state index is 0.0456. The van der Waals surface area contributed by atoms with Gasteiger partial charge in [0.1, 0.15) is 5.75 Å². The van der Waals surface area contributed by atoms with Gasteiger partial charge in [0, 0.05) is 38.2 Å². The minimum atomic E-state index is -3.12. The van der Waals surface area contributed by atoms with E-state index in [0.717, 1.165) is 22.4 Å². The molecule has 2 aliphatic rings. The standard InChI is InChI=1S/C18H26N2O4S/c1-12-7-13(2)18(24-4)15(8-12)9-19-5-6-20(14(3)21)17-11-25(22,23)10-16(17)19/h7-8,16-17H,5-6,9-11H2,1-4H3/t16-,17+/m1/s1. The zero-order valence-electron chi connectivity index (χ0n) is 15.3. The third kappa shape index (κ3) is 3.53. The Morgan fingerprint density at radius 3 is 2.52 bits per heavy atom. The maximum Gasteiger partial charge on any atom is 0.219 e. The van der Waals surface area contributed by atoms with Gasteiger partial charge in [-0.1, -0.05) is 17.7 Å². The number of methoxy groups -OCH3 is 1. The molecule has 0 unspecified atom stereocenters. The summed E-state index contributed by atoms with van der Waals surface area (Å²) < 4.78 is 30.0. The Bertz CT molecular complexity index is 791. The molecule has 0 aliphatic carbocycles. The van der Waals surface area contributed by atoms with Gasteiger partial charge in [0.2, 0.25) is 5.91 Å². The first kappa shape index (κ1) is 18.2. The van der Waals surface area contributed by atoms with Gasteiger partial charge in [-0.25, -0.2) is 8.42 Å². The lowest BCUT2D eigenvalue weighted by Crippen LogP contribution is -2.59. The molecular formula is C18H26N2O4S.